The Kier molecular flexibility index (Phi) is 5.65. The Bertz CT molecular complexity index is 812. The first kappa shape index (κ1) is 18.6. The summed E-state index contributed by atoms with van der Waals surface area (Å²) >= 11 is 0. The lowest BCUT2D eigenvalue weighted by molar-refractivity contribution is 0.0933. The van der Waals surface area contributed by atoms with Crippen LogP contribution >= 0.6 is 0 Å². The van der Waals surface area contributed by atoms with Crippen LogP contribution in [0, 0.1) is 0 Å². The summed E-state index contributed by atoms with van der Waals surface area (Å²) in [5, 5.41) is 3.12. The summed E-state index contributed by atoms with van der Waals surface area (Å²) in [6.45, 7) is 3.61. The van der Waals surface area contributed by atoms with E-state index in [-0.39, 0.29) is 5.91 Å². The van der Waals surface area contributed by atoms with Crippen molar-refractivity contribution in [3.63, 3.8) is 0 Å². The third kappa shape index (κ3) is 4.06. The molecule has 2 fully saturated rings. The lowest BCUT2D eigenvalue weighted by Gasteiger charge is -2.37. The number of hydrogen-bond acceptors (Lipinski definition) is 5. The molecular formula is C22H28N4O2. The van der Waals surface area contributed by atoms with Crippen molar-refractivity contribution in [1.29, 1.82) is 0 Å². The van der Waals surface area contributed by atoms with Gasteiger partial charge in [-0.15, -0.1) is 0 Å². The fraction of sp³-hybridized carbons (Fsp3) is 0.455. The molecule has 0 bridgehead atoms. The minimum Gasteiger partial charge on any atom is -0.495 e. The summed E-state index contributed by atoms with van der Waals surface area (Å²) in [6, 6.07) is 12.4. The monoisotopic (exact) mass is 380 g/mol. The van der Waals surface area contributed by atoms with Crippen LogP contribution < -0.4 is 19.9 Å². The van der Waals surface area contributed by atoms with Crippen LogP contribution in [0.25, 0.3) is 0 Å². The molecule has 6 nitrogen and oxygen atoms in total. The van der Waals surface area contributed by atoms with Crippen LogP contribution in [-0.4, -0.2) is 50.2 Å². The second-order valence-corrected chi connectivity index (χ2v) is 7.50. The molecule has 1 N–H and O–H groups in total. The van der Waals surface area contributed by atoms with Gasteiger partial charge in [0.15, 0.2) is 0 Å². The van der Waals surface area contributed by atoms with Crippen molar-refractivity contribution >= 4 is 17.3 Å². The van der Waals surface area contributed by atoms with E-state index in [0.29, 0.717) is 11.7 Å². The van der Waals surface area contributed by atoms with E-state index in [4.69, 9.17) is 4.74 Å². The van der Waals surface area contributed by atoms with E-state index in [9.17, 15) is 4.79 Å². The van der Waals surface area contributed by atoms with Gasteiger partial charge in [-0.3, -0.25) is 9.78 Å². The first-order valence-corrected chi connectivity index (χ1v) is 10.1. The van der Waals surface area contributed by atoms with Crippen LogP contribution in [0.3, 0.4) is 0 Å². The van der Waals surface area contributed by atoms with E-state index in [0.717, 1.165) is 56.1 Å². The summed E-state index contributed by atoms with van der Waals surface area (Å²) in [4.78, 5) is 21.5. The van der Waals surface area contributed by atoms with Gasteiger partial charge in [-0.25, -0.2) is 0 Å². The lowest BCUT2D eigenvalue weighted by Crippen LogP contribution is -2.46. The fourth-order valence-electron chi connectivity index (χ4n) is 4.17. The van der Waals surface area contributed by atoms with Gasteiger partial charge in [0.2, 0.25) is 0 Å². The maximum absolute atomic E-state index is 12.5. The van der Waals surface area contributed by atoms with Gasteiger partial charge < -0.3 is 19.9 Å². The molecule has 2 heterocycles. The average molecular weight is 380 g/mol. The van der Waals surface area contributed by atoms with Crippen molar-refractivity contribution in [2.24, 2.45) is 0 Å². The van der Waals surface area contributed by atoms with Crippen LogP contribution in [-0.2, 0) is 0 Å². The van der Waals surface area contributed by atoms with Crippen molar-refractivity contribution < 1.29 is 9.53 Å². The van der Waals surface area contributed by atoms with E-state index in [1.54, 1.807) is 13.3 Å². The molecule has 1 amide bonds. The first-order chi connectivity index (χ1) is 13.7. The van der Waals surface area contributed by atoms with Gasteiger partial charge in [0, 0.05) is 44.1 Å². The smallest absolute Gasteiger partial charge is 0.270 e. The van der Waals surface area contributed by atoms with Gasteiger partial charge in [-0.2, -0.15) is 0 Å². The number of nitrogens with zero attached hydrogens (tertiary/aromatic N) is 3. The number of para-hydroxylation sites is 2. The minimum absolute atomic E-state index is 0.0543. The molecule has 0 radical (unpaired) electrons. The number of rotatable bonds is 5. The molecule has 0 spiro atoms. The van der Waals surface area contributed by atoms with Crippen molar-refractivity contribution in [3.05, 3.63) is 48.3 Å². The topological polar surface area (TPSA) is 57.7 Å². The zero-order valence-electron chi connectivity index (χ0n) is 16.4. The maximum atomic E-state index is 12.5. The molecule has 6 heteroatoms. The largest absolute Gasteiger partial charge is 0.495 e. The van der Waals surface area contributed by atoms with Crippen LogP contribution in [0.15, 0.2) is 42.6 Å². The van der Waals surface area contributed by atoms with Gasteiger partial charge in [-0.05, 0) is 37.1 Å². The minimum atomic E-state index is -0.0543. The first-order valence-electron chi connectivity index (χ1n) is 10.1. The molecule has 1 aliphatic heterocycles. The molecule has 2 aliphatic rings. The molecule has 148 valence electrons. The van der Waals surface area contributed by atoms with E-state index in [1.165, 1.54) is 12.8 Å². The molecule has 1 aromatic carbocycles. The SMILES string of the molecule is COc1ccccc1N1CCN(c2ccnc(C(=O)NC3CCCC3)c2)CC1. The number of carbonyl (C=O) groups excluding carboxylic acids is 1. The van der Waals surface area contributed by atoms with Crippen molar-refractivity contribution in [3.8, 4) is 5.75 Å². The molecule has 1 aromatic heterocycles. The van der Waals surface area contributed by atoms with Crippen LogP contribution in [0.1, 0.15) is 36.2 Å². The Labute approximate surface area is 166 Å². The number of carbonyl (C=O) groups is 1. The van der Waals surface area contributed by atoms with Gasteiger partial charge in [0.25, 0.3) is 5.91 Å². The second kappa shape index (κ2) is 8.50. The summed E-state index contributed by atoms with van der Waals surface area (Å²) in [6.07, 6.45) is 6.31. The van der Waals surface area contributed by atoms with Crippen LogP contribution in [0.5, 0.6) is 5.75 Å². The lowest BCUT2D eigenvalue weighted by atomic mass is 10.2. The molecule has 0 unspecified atom stereocenters. The third-order valence-corrected chi connectivity index (χ3v) is 5.74. The van der Waals surface area contributed by atoms with E-state index in [2.05, 4.69) is 26.2 Å². The second-order valence-electron chi connectivity index (χ2n) is 7.50. The molecule has 2 aromatic rings. The predicted molar refractivity (Wildman–Crippen MR) is 111 cm³/mol. The quantitative estimate of drug-likeness (QED) is 0.864. The van der Waals surface area contributed by atoms with Crippen molar-refractivity contribution in [2.45, 2.75) is 31.7 Å². The summed E-state index contributed by atoms with van der Waals surface area (Å²) < 4.78 is 5.50. The number of piperazine rings is 1. The summed E-state index contributed by atoms with van der Waals surface area (Å²) in [5.41, 5.74) is 2.71. The highest BCUT2D eigenvalue weighted by molar-refractivity contribution is 5.93. The van der Waals surface area contributed by atoms with Crippen molar-refractivity contribution in [1.82, 2.24) is 10.3 Å². The zero-order chi connectivity index (χ0) is 19.3. The highest BCUT2D eigenvalue weighted by Gasteiger charge is 2.22. The number of anilines is 2. The van der Waals surface area contributed by atoms with Crippen LogP contribution in [0.4, 0.5) is 11.4 Å². The van der Waals surface area contributed by atoms with Gasteiger partial charge in [-0.1, -0.05) is 25.0 Å². The molecule has 4 rings (SSSR count). The number of aromatic nitrogens is 1. The normalized spacial score (nSPS) is 17.6. The fourth-order valence-corrected chi connectivity index (χ4v) is 4.17. The Balaban J connectivity index is 1.40. The Hall–Kier alpha value is -2.76. The molecule has 1 saturated heterocycles. The molecule has 1 aliphatic carbocycles. The van der Waals surface area contributed by atoms with Gasteiger partial charge >= 0.3 is 0 Å². The van der Waals surface area contributed by atoms with Gasteiger partial charge in [0.05, 0.1) is 12.8 Å². The van der Waals surface area contributed by atoms with E-state index in [1.807, 2.05) is 30.3 Å². The number of benzene rings is 1. The average Bonchev–Trinajstić information content (AvgIpc) is 3.27. The Morgan fingerprint density at radius 1 is 1.07 bits per heavy atom. The zero-order valence-corrected chi connectivity index (χ0v) is 16.4. The molecule has 0 atom stereocenters. The Morgan fingerprint density at radius 2 is 1.79 bits per heavy atom. The maximum Gasteiger partial charge on any atom is 0.270 e. The number of hydrogen-bond donors (Lipinski definition) is 1. The number of amides is 1. The number of ether oxygens (including phenoxy) is 1. The molecule has 28 heavy (non-hydrogen) atoms. The van der Waals surface area contributed by atoms with Crippen molar-refractivity contribution in [2.75, 3.05) is 43.1 Å². The molecule has 1 saturated carbocycles. The number of nitrogens with one attached hydrogen (secondary N) is 1. The summed E-state index contributed by atoms with van der Waals surface area (Å²) in [7, 11) is 1.71. The number of pyridine rings is 1. The number of methoxy groups -OCH3 is 1. The van der Waals surface area contributed by atoms with Crippen LogP contribution in [0.2, 0.25) is 0 Å². The van der Waals surface area contributed by atoms with E-state index >= 15 is 0 Å². The molecular weight excluding hydrogens is 352 g/mol. The predicted octanol–water partition coefficient (Wildman–Crippen LogP) is 3.09. The summed E-state index contributed by atoms with van der Waals surface area (Å²) in [5.74, 6) is 0.854. The highest BCUT2D eigenvalue weighted by Crippen LogP contribution is 2.29. The van der Waals surface area contributed by atoms with Gasteiger partial charge in [0.1, 0.15) is 11.4 Å². The standard InChI is InChI=1S/C22H28N4O2/c1-28-21-9-5-4-8-20(21)26-14-12-25(13-15-26)18-10-11-23-19(16-18)22(27)24-17-6-2-3-7-17/h4-5,8-11,16-17H,2-3,6-7,12-15H2,1H3,(H,24,27). The Morgan fingerprint density at radius 3 is 2.54 bits per heavy atom. The third-order valence-electron chi connectivity index (χ3n) is 5.74. The van der Waals surface area contributed by atoms with E-state index < -0.39 is 0 Å². The highest BCUT2D eigenvalue weighted by atomic mass is 16.5.